The predicted octanol–water partition coefficient (Wildman–Crippen LogP) is 5.95. The molecule has 0 aliphatic carbocycles. The molecule has 0 aliphatic rings. The molecule has 0 rings (SSSR count). The van der Waals surface area contributed by atoms with Gasteiger partial charge in [-0.05, 0) is 18.8 Å². The maximum atomic E-state index is 11.5. The van der Waals surface area contributed by atoms with Gasteiger partial charge in [0.25, 0.3) is 0 Å². The molecule has 0 saturated heterocycles. The average Bonchev–Trinajstić information content (AvgIpc) is 2.54. The first-order valence-corrected chi connectivity index (χ1v) is 10.5. The van der Waals surface area contributed by atoms with Crippen molar-refractivity contribution in [2.24, 2.45) is 5.92 Å². The number of carbonyl (C=O) groups excluding carboxylic acids is 1. The highest BCUT2D eigenvalue weighted by atomic mass is 16.3. The van der Waals surface area contributed by atoms with E-state index in [1.54, 1.807) is 0 Å². The van der Waals surface area contributed by atoms with Gasteiger partial charge in [-0.25, -0.2) is 0 Å². The third-order valence-corrected chi connectivity index (χ3v) is 4.65. The molecule has 1 atom stereocenters. The van der Waals surface area contributed by atoms with Crippen molar-refractivity contribution in [3.05, 3.63) is 0 Å². The molecule has 144 valence electrons. The molecule has 0 aromatic carbocycles. The van der Waals surface area contributed by atoms with Gasteiger partial charge in [0, 0.05) is 6.42 Å². The molecule has 0 radical (unpaired) electrons. The van der Waals surface area contributed by atoms with Crippen LogP contribution in [-0.4, -0.2) is 17.2 Å². The van der Waals surface area contributed by atoms with Gasteiger partial charge in [0.15, 0.2) is 0 Å². The molecule has 0 aromatic heterocycles. The van der Waals surface area contributed by atoms with Crippen molar-refractivity contribution in [2.45, 2.75) is 123 Å². The van der Waals surface area contributed by atoms with E-state index in [0.29, 0.717) is 12.8 Å². The summed E-state index contributed by atoms with van der Waals surface area (Å²) in [4.78, 5) is 11.5. The number of rotatable bonds is 17. The Morgan fingerprint density at radius 2 is 1.21 bits per heavy atom. The van der Waals surface area contributed by atoms with Crippen molar-refractivity contribution in [1.29, 1.82) is 0 Å². The van der Waals surface area contributed by atoms with Crippen molar-refractivity contribution >= 4 is 5.91 Å². The summed E-state index contributed by atoms with van der Waals surface area (Å²) < 4.78 is 0. The van der Waals surface area contributed by atoms with Crippen molar-refractivity contribution in [3.63, 3.8) is 0 Å². The second-order valence-corrected chi connectivity index (χ2v) is 7.67. The van der Waals surface area contributed by atoms with Gasteiger partial charge in [0.05, 0.1) is 0 Å². The molecular formula is C21H43NO2. The van der Waals surface area contributed by atoms with Crippen LogP contribution in [0.3, 0.4) is 0 Å². The summed E-state index contributed by atoms with van der Waals surface area (Å²) in [6.45, 7) is 6.48. The van der Waals surface area contributed by atoms with Crippen molar-refractivity contribution in [1.82, 2.24) is 5.32 Å². The first kappa shape index (κ1) is 23.4. The Balaban J connectivity index is 3.14. The van der Waals surface area contributed by atoms with Crippen LogP contribution in [0.4, 0.5) is 0 Å². The van der Waals surface area contributed by atoms with Gasteiger partial charge in [0.1, 0.15) is 6.23 Å². The van der Waals surface area contributed by atoms with Gasteiger partial charge in [-0.2, -0.15) is 0 Å². The van der Waals surface area contributed by atoms with Gasteiger partial charge in [0.2, 0.25) is 5.91 Å². The van der Waals surface area contributed by atoms with Crippen LogP contribution in [0, 0.1) is 5.92 Å². The Labute approximate surface area is 151 Å². The fourth-order valence-electron chi connectivity index (χ4n) is 2.97. The van der Waals surface area contributed by atoms with Crippen LogP contribution in [0.5, 0.6) is 0 Å². The molecule has 2 N–H and O–H groups in total. The van der Waals surface area contributed by atoms with Crippen LogP contribution in [-0.2, 0) is 4.79 Å². The van der Waals surface area contributed by atoms with E-state index in [0.717, 1.165) is 18.8 Å². The SMILES string of the molecule is CCC(O)NC(=O)CCCCCCCCCCCCCCC(C)C. The van der Waals surface area contributed by atoms with Crippen LogP contribution in [0.25, 0.3) is 0 Å². The normalized spacial score (nSPS) is 12.5. The summed E-state index contributed by atoms with van der Waals surface area (Å²) in [5, 5.41) is 11.9. The van der Waals surface area contributed by atoms with Crippen LogP contribution >= 0.6 is 0 Å². The fourth-order valence-corrected chi connectivity index (χ4v) is 2.97. The molecular weight excluding hydrogens is 298 g/mol. The Kier molecular flexibility index (Phi) is 16.8. The number of aliphatic hydroxyl groups is 1. The quantitative estimate of drug-likeness (QED) is 0.254. The number of hydrogen-bond donors (Lipinski definition) is 2. The van der Waals surface area contributed by atoms with Gasteiger partial charge in [-0.15, -0.1) is 0 Å². The summed E-state index contributed by atoms with van der Waals surface area (Å²) in [7, 11) is 0. The zero-order chi connectivity index (χ0) is 18.0. The summed E-state index contributed by atoms with van der Waals surface area (Å²) >= 11 is 0. The molecule has 0 aromatic rings. The van der Waals surface area contributed by atoms with Crippen molar-refractivity contribution < 1.29 is 9.90 Å². The van der Waals surface area contributed by atoms with E-state index in [-0.39, 0.29) is 5.91 Å². The van der Waals surface area contributed by atoms with E-state index in [2.05, 4.69) is 19.2 Å². The first-order valence-electron chi connectivity index (χ1n) is 10.5. The third-order valence-electron chi connectivity index (χ3n) is 4.65. The number of nitrogens with one attached hydrogen (secondary N) is 1. The predicted molar refractivity (Wildman–Crippen MR) is 104 cm³/mol. The lowest BCUT2D eigenvalue weighted by Crippen LogP contribution is -2.33. The van der Waals surface area contributed by atoms with Crippen LogP contribution in [0.1, 0.15) is 117 Å². The van der Waals surface area contributed by atoms with E-state index in [4.69, 9.17) is 0 Å². The maximum absolute atomic E-state index is 11.5. The molecule has 3 heteroatoms. The van der Waals surface area contributed by atoms with E-state index in [1.807, 2.05) is 6.92 Å². The molecule has 1 amide bonds. The maximum Gasteiger partial charge on any atom is 0.221 e. The standard InChI is InChI=1S/C21H43NO2/c1-4-20(23)22-21(24)18-16-14-12-10-8-6-5-7-9-11-13-15-17-19(2)3/h19-20,23H,4-18H2,1-3H3,(H,22,24). The Morgan fingerprint density at radius 3 is 1.62 bits per heavy atom. The zero-order valence-corrected chi connectivity index (χ0v) is 16.6. The Morgan fingerprint density at radius 1 is 0.792 bits per heavy atom. The molecule has 0 spiro atoms. The monoisotopic (exact) mass is 341 g/mol. The Hall–Kier alpha value is -0.570. The zero-order valence-electron chi connectivity index (χ0n) is 16.6. The van der Waals surface area contributed by atoms with Gasteiger partial charge < -0.3 is 10.4 Å². The second-order valence-electron chi connectivity index (χ2n) is 7.67. The molecule has 24 heavy (non-hydrogen) atoms. The molecule has 0 aliphatic heterocycles. The third kappa shape index (κ3) is 17.8. The van der Waals surface area contributed by atoms with Gasteiger partial charge >= 0.3 is 0 Å². The summed E-state index contributed by atoms with van der Waals surface area (Å²) in [5.74, 6) is 0.847. The number of carbonyl (C=O) groups is 1. The van der Waals surface area contributed by atoms with Gasteiger partial charge in [-0.3, -0.25) is 4.79 Å². The number of amides is 1. The summed E-state index contributed by atoms with van der Waals surface area (Å²) in [6, 6.07) is 0. The molecule has 3 nitrogen and oxygen atoms in total. The minimum absolute atomic E-state index is 0.0160. The largest absolute Gasteiger partial charge is 0.374 e. The van der Waals surface area contributed by atoms with Crippen LogP contribution < -0.4 is 5.32 Å². The van der Waals surface area contributed by atoms with Gasteiger partial charge in [-0.1, -0.05) is 97.8 Å². The average molecular weight is 342 g/mol. The number of unbranched alkanes of at least 4 members (excludes halogenated alkanes) is 11. The molecule has 0 saturated carbocycles. The molecule has 0 heterocycles. The van der Waals surface area contributed by atoms with E-state index >= 15 is 0 Å². The highest BCUT2D eigenvalue weighted by molar-refractivity contribution is 5.75. The lowest BCUT2D eigenvalue weighted by molar-refractivity contribution is -0.124. The molecule has 0 fully saturated rings. The Bertz CT molecular complexity index is 279. The number of aliphatic hydroxyl groups excluding tert-OH is 1. The molecule has 0 bridgehead atoms. The summed E-state index contributed by atoms with van der Waals surface area (Å²) in [6.07, 6.45) is 17.6. The topological polar surface area (TPSA) is 49.3 Å². The summed E-state index contributed by atoms with van der Waals surface area (Å²) in [5.41, 5.74) is 0. The number of hydrogen-bond acceptors (Lipinski definition) is 2. The van der Waals surface area contributed by atoms with E-state index in [9.17, 15) is 9.90 Å². The lowest BCUT2D eigenvalue weighted by atomic mass is 10.0. The first-order chi connectivity index (χ1) is 11.6. The minimum Gasteiger partial charge on any atom is -0.374 e. The van der Waals surface area contributed by atoms with Crippen LogP contribution in [0.2, 0.25) is 0 Å². The molecule has 1 unspecified atom stereocenters. The highest BCUT2D eigenvalue weighted by Gasteiger charge is 2.05. The fraction of sp³-hybridized carbons (Fsp3) is 0.952. The van der Waals surface area contributed by atoms with Crippen molar-refractivity contribution in [2.75, 3.05) is 0 Å². The van der Waals surface area contributed by atoms with Crippen LogP contribution in [0.15, 0.2) is 0 Å². The highest BCUT2D eigenvalue weighted by Crippen LogP contribution is 2.14. The van der Waals surface area contributed by atoms with E-state index < -0.39 is 6.23 Å². The minimum atomic E-state index is -0.673. The van der Waals surface area contributed by atoms with E-state index in [1.165, 1.54) is 70.6 Å². The van der Waals surface area contributed by atoms with Crippen molar-refractivity contribution in [3.8, 4) is 0 Å². The second kappa shape index (κ2) is 17.3. The lowest BCUT2D eigenvalue weighted by Gasteiger charge is -2.10. The smallest absolute Gasteiger partial charge is 0.221 e.